The summed E-state index contributed by atoms with van der Waals surface area (Å²) in [6.45, 7) is 6.04. The molecule has 2 aromatic rings. The largest absolute Gasteiger partial charge is 0.362 e. The lowest BCUT2D eigenvalue weighted by molar-refractivity contribution is -0.170. The van der Waals surface area contributed by atoms with Crippen LogP contribution in [0.2, 0.25) is 0 Å². The Morgan fingerprint density at radius 2 is 1.88 bits per heavy atom. The van der Waals surface area contributed by atoms with Gasteiger partial charge in [-0.2, -0.15) is 0 Å². The molecule has 1 atom stereocenters. The number of anilines is 1. The van der Waals surface area contributed by atoms with Crippen molar-refractivity contribution in [3.8, 4) is 0 Å². The first kappa shape index (κ1) is 22.0. The second-order valence-electron chi connectivity index (χ2n) is 9.26. The number of rotatable bonds is 6. The van der Waals surface area contributed by atoms with Crippen LogP contribution in [0.15, 0.2) is 54.7 Å². The van der Waals surface area contributed by atoms with Crippen LogP contribution in [0, 0.1) is 0 Å². The average molecular weight is 448 g/mol. The summed E-state index contributed by atoms with van der Waals surface area (Å²) in [6, 6.07) is 12.3. The standard InChI is InChI=1S/C26H33N5O2/c32-24-26(12-4-5-14-30(24)17-11-22-8-2-1-3-9-22)21-29(18-19-33-26)20-23-10-13-27-25(28-23)31-15-6-7-16-31/h1-5,8-10,13H,6-7,11-12,14-21H2/t26-/m0/s1. The predicted molar refractivity (Wildman–Crippen MR) is 128 cm³/mol. The van der Waals surface area contributed by atoms with E-state index in [2.05, 4.69) is 39.1 Å². The van der Waals surface area contributed by atoms with Crippen molar-refractivity contribution in [3.05, 3.63) is 66.0 Å². The molecule has 2 saturated heterocycles. The van der Waals surface area contributed by atoms with Crippen molar-refractivity contribution in [3.63, 3.8) is 0 Å². The van der Waals surface area contributed by atoms with E-state index in [1.165, 1.54) is 18.4 Å². The molecular weight excluding hydrogens is 414 g/mol. The minimum Gasteiger partial charge on any atom is -0.362 e. The van der Waals surface area contributed by atoms with Crippen LogP contribution in [0.3, 0.4) is 0 Å². The van der Waals surface area contributed by atoms with Gasteiger partial charge in [0.2, 0.25) is 5.95 Å². The Bertz CT molecular complexity index is 976. The Morgan fingerprint density at radius 3 is 2.73 bits per heavy atom. The van der Waals surface area contributed by atoms with E-state index in [4.69, 9.17) is 9.72 Å². The highest BCUT2D eigenvalue weighted by atomic mass is 16.5. The highest BCUT2D eigenvalue weighted by molar-refractivity contribution is 5.86. The van der Waals surface area contributed by atoms with E-state index in [1.807, 2.05) is 35.4 Å². The lowest BCUT2D eigenvalue weighted by Gasteiger charge is -2.42. The smallest absolute Gasteiger partial charge is 0.256 e. The van der Waals surface area contributed by atoms with Gasteiger partial charge in [-0.15, -0.1) is 0 Å². The van der Waals surface area contributed by atoms with Crippen molar-refractivity contribution in [1.29, 1.82) is 0 Å². The number of ether oxygens (including phenoxy) is 1. The first-order valence-electron chi connectivity index (χ1n) is 12.1. The summed E-state index contributed by atoms with van der Waals surface area (Å²) in [5.41, 5.74) is 1.44. The summed E-state index contributed by atoms with van der Waals surface area (Å²) >= 11 is 0. The number of aromatic nitrogens is 2. The Hall–Kier alpha value is -2.77. The van der Waals surface area contributed by atoms with E-state index in [-0.39, 0.29) is 5.91 Å². The molecule has 0 aliphatic carbocycles. The summed E-state index contributed by atoms with van der Waals surface area (Å²) in [7, 11) is 0. The maximum absolute atomic E-state index is 13.7. The van der Waals surface area contributed by atoms with Gasteiger partial charge in [0.15, 0.2) is 5.60 Å². The van der Waals surface area contributed by atoms with Gasteiger partial charge >= 0.3 is 0 Å². The third-order valence-corrected chi connectivity index (χ3v) is 6.87. The van der Waals surface area contributed by atoms with Gasteiger partial charge in [0.25, 0.3) is 5.91 Å². The van der Waals surface area contributed by atoms with Crippen molar-refractivity contribution < 1.29 is 9.53 Å². The molecule has 1 aromatic carbocycles. The van der Waals surface area contributed by atoms with Crippen LogP contribution < -0.4 is 4.90 Å². The Kier molecular flexibility index (Phi) is 6.69. The van der Waals surface area contributed by atoms with E-state index in [0.717, 1.165) is 37.7 Å². The summed E-state index contributed by atoms with van der Waals surface area (Å²) in [4.78, 5) is 29.5. The zero-order valence-electron chi connectivity index (χ0n) is 19.2. The Morgan fingerprint density at radius 1 is 1.03 bits per heavy atom. The topological polar surface area (TPSA) is 61.8 Å². The molecule has 4 heterocycles. The summed E-state index contributed by atoms with van der Waals surface area (Å²) in [5, 5.41) is 0. The van der Waals surface area contributed by atoms with Crippen molar-refractivity contribution >= 4 is 11.9 Å². The maximum atomic E-state index is 13.7. The van der Waals surface area contributed by atoms with Crippen LogP contribution in [-0.2, 0) is 22.5 Å². The fourth-order valence-electron chi connectivity index (χ4n) is 5.05. The molecule has 0 radical (unpaired) electrons. The fourth-order valence-corrected chi connectivity index (χ4v) is 5.05. The Balaban J connectivity index is 1.26. The molecule has 1 aromatic heterocycles. The summed E-state index contributed by atoms with van der Waals surface area (Å²) in [5.74, 6) is 0.933. The lowest BCUT2D eigenvalue weighted by Crippen LogP contribution is -2.60. The first-order valence-corrected chi connectivity index (χ1v) is 12.1. The number of hydrogen-bond donors (Lipinski definition) is 0. The number of benzene rings is 1. The molecule has 0 N–H and O–H groups in total. The zero-order chi connectivity index (χ0) is 22.5. The molecule has 0 saturated carbocycles. The van der Waals surface area contributed by atoms with Gasteiger partial charge in [-0.1, -0.05) is 42.5 Å². The highest BCUT2D eigenvalue weighted by Crippen LogP contribution is 2.28. The second kappa shape index (κ2) is 10.0. The van der Waals surface area contributed by atoms with E-state index < -0.39 is 5.60 Å². The molecule has 3 aliphatic rings. The predicted octanol–water partition coefficient (Wildman–Crippen LogP) is 2.68. The van der Waals surface area contributed by atoms with Crippen LogP contribution >= 0.6 is 0 Å². The molecule has 7 nitrogen and oxygen atoms in total. The minimum atomic E-state index is -0.813. The number of carbonyl (C=O) groups excluding carboxylic acids is 1. The van der Waals surface area contributed by atoms with Crippen LogP contribution in [0.1, 0.15) is 30.5 Å². The number of carbonyl (C=O) groups is 1. The zero-order valence-corrected chi connectivity index (χ0v) is 19.2. The van der Waals surface area contributed by atoms with Gasteiger partial charge < -0.3 is 14.5 Å². The van der Waals surface area contributed by atoms with Gasteiger partial charge in [0, 0.05) is 58.4 Å². The number of morpholine rings is 1. The molecule has 174 valence electrons. The third kappa shape index (κ3) is 5.09. The number of hydrogen-bond acceptors (Lipinski definition) is 6. The average Bonchev–Trinajstić information content (AvgIpc) is 3.35. The highest BCUT2D eigenvalue weighted by Gasteiger charge is 2.45. The van der Waals surface area contributed by atoms with Gasteiger partial charge in [-0.05, 0) is 30.9 Å². The third-order valence-electron chi connectivity index (χ3n) is 6.87. The molecule has 1 amide bonds. The molecule has 2 fully saturated rings. The minimum absolute atomic E-state index is 0.105. The lowest BCUT2D eigenvalue weighted by atomic mass is 9.95. The van der Waals surface area contributed by atoms with E-state index in [9.17, 15) is 4.79 Å². The van der Waals surface area contributed by atoms with Crippen LogP contribution in [0.5, 0.6) is 0 Å². The molecule has 0 bridgehead atoms. The van der Waals surface area contributed by atoms with E-state index >= 15 is 0 Å². The molecule has 1 spiro atoms. The van der Waals surface area contributed by atoms with E-state index in [1.54, 1.807) is 0 Å². The normalized spacial score (nSPS) is 23.9. The van der Waals surface area contributed by atoms with Crippen molar-refractivity contribution in [2.45, 2.75) is 37.8 Å². The molecule has 33 heavy (non-hydrogen) atoms. The molecular formula is C26H33N5O2. The summed E-state index contributed by atoms with van der Waals surface area (Å²) < 4.78 is 6.23. The number of nitrogens with zero attached hydrogens (tertiary/aromatic N) is 5. The van der Waals surface area contributed by atoms with Crippen LogP contribution in [0.25, 0.3) is 0 Å². The number of amides is 1. The molecule has 5 rings (SSSR count). The van der Waals surface area contributed by atoms with Gasteiger partial charge in [-0.25, -0.2) is 9.97 Å². The quantitative estimate of drug-likeness (QED) is 0.635. The maximum Gasteiger partial charge on any atom is 0.256 e. The first-order chi connectivity index (χ1) is 16.2. The van der Waals surface area contributed by atoms with Crippen molar-refractivity contribution in [2.24, 2.45) is 0 Å². The van der Waals surface area contributed by atoms with Crippen molar-refractivity contribution in [1.82, 2.24) is 19.8 Å². The molecule has 7 heteroatoms. The molecule has 3 aliphatic heterocycles. The van der Waals surface area contributed by atoms with Crippen molar-refractivity contribution in [2.75, 3.05) is 50.8 Å². The fraction of sp³-hybridized carbons (Fsp3) is 0.500. The van der Waals surface area contributed by atoms with Gasteiger partial charge in [-0.3, -0.25) is 9.69 Å². The van der Waals surface area contributed by atoms with Crippen LogP contribution in [-0.4, -0.2) is 77.2 Å². The van der Waals surface area contributed by atoms with E-state index in [0.29, 0.717) is 39.2 Å². The van der Waals surface area contributed by atoms with Crippen LogP contribution in [0.4, 0.5) is 5.95 Å². The van der Waals surface area contributed by atoms with Gasteiger partial charge in [0.05, 0.1) is 12.3 Å². The SMILES string of the molecule is O=C1N(CCc2ccccc2)CC=CC[C@]12CN(Cc1ccnc(N3CCCC3)n1)CCO2. The van der Waals surface area contributed by atoms with Gasteiger partial charge in [0.1, 0.15) is 0 Å². The second-order valence-corrected chi connectivity index (χ2v) is 9.26. The Labute approximate surface area is 196 Å². The molecule has 0 unspecified atom stereocenters. The monoisotopic (exact) mass is 447 g/mol. The summed E-state index contributed by atoms with van der Waals surface area (Å²) in [6.07, 6.45) is 9.95.